The maximum Gasteiger partial charge on any atom is 0.416 e. The summed E-state index contributed by atoms with van der Waals surface area (Å²) in [6.45, 7) is 6.74. The van der Waals surface area contributed by atoms with Gasteiger partial charge < -0.3 is 4.90 Å². The van der Waals surface area contributed by atoms with Gasteiger partial charge in [0.1, 0.15) is 0 Å². The molecule has 30 heavy (non-hydrogen) atoms. The zero-order valence-electron chi connectivity index (χ0n) is 16.2. The van der Waals surface area contributed by atoms with Gasteiger partial charge in [-0.2, -0.15) is 23.5 Å². The second-order valence-corrected chi connectivity index (χ2v) is 7.17. The lowest BCUT2D eigenvalue weighted by Gasteiger charge is -2.36. The number of alkyl halides is 3. The molecule has 0 aliphatic carbocycles. The molecule has 1 aromatic carbocycles. The van der Waals surface area contributed by atoms with Gasteiger partial charge in [0.05, 0.1) is 47.4 Å². The number of rotatable bonds is 3. The first-order valence-corrected chi connectivity index (χ1v) is 9.33. The SMILES string of the molecule is C=C1c2c(-c3ccnc(CC#N)c3)cnn2C(C)CN1c1ccc(C(F)(F)F)cc1. The maximum atomic E-state index is 12.9. The van der Waals surface area contributed by atoms with Crippen molar-refractivity contribution in [3.05, 3.63) is 72.3 Å². The maximum absolute atomic E-state index is 12.9. The molecule has 0 amide bonds. The lowest BCUT2D eigenvalue weighted by molar-refractivity contribution is -0.137. The van der Waals surface area contributed by atoms with E-state index >= 15 is 0 Å². The highest BCUT2D eigenvalue weighted by atomic mass is 19.4. The van der Waals surface area contributed by atoms with Crippen molar-refractivity contribution in [2.75, 3.05) is 11.4 Å². The number of anilines is 1. The molecule has 3 aromatic rings. The number of nitriles is 1. The predicted molar refractivity (Wildman–Crippen MR) is 107 cm³/mol. The van der Waals surface area contributed by atoms with Gasteiger partial charge in [-0.3, -0.25) is 9.67 Å². The normalized spacial score (nSPS) is 16.3. The van der Waals surface area contributed by atoms with E-state index in [0.717, 1.165) is 29.0 Å². The lowest BCUT2D eigenvalue weighted by atomic mass is 10.0. The summed E-state index contributed by atoms with van der Waals surface area (Å²) in [6.07, 6.45) is -0.779. The second-order valence-electron chi connectivity index (χ2n) is 7.17. The second kappa shape index (κ2) is 7.34. The first kappa shape index (κ1) is 19.7. The molecule has 0 spiro atoms. The van der Waals surface area contributed by atoms with Crippen LogP contribution in [0.5, 0.6) is 0 Å². The van der Waals surface area contributed by atoms with Crippen LogP contribution in [0.2, 0.25) is 0 Å². The largest absolute Gasteiger partial charge is 0.416 e. The van der Waals surface area contributed by atoms with Gasteiger partial charge in [-0.05, 0) is 48.9 Å². The van der Waals surface area contributed by atoms with Crippen LogP contribution < -0.4 is 4.90 Å². The Morgan fingerprint density at radius 1 is 1.23 bits per heavy atom. The molecule has 5 nitrogen and oxygen atoms in total. The Morgan fingerprint density at radius 2 is 1.97 bits per heavy atom. The molecule has 4 rings (SSSR count). The molecule has 152 valence electrons. The van der Waals surface area contributed by atoms with E-state index in [9.17, 15) is 13.2 Å². The zero-order chi connectivity index (χ0) is 21.5. The van der Waals surface area contributed by atoms with Crippen molar-refractivity contribution in [3.8, 4) is 17.2 Å². The number of halogens is 3. The summed E-state index contributed by atoms with van der Waals surface area (Å²) in [4.78, 5) is 6.11. The summed E-state index contributed by atoms with van der Waals surface area (Å²) in [7, 11) is 0. The molecule has 0 saturated carbocycles. The van der Waals surface area contributed by atoms with Crippen molar-refractivity contribution in [2.24, 2.45) is 0 Å². The number of hydrogen-bond acceptors (Lipinski definition) is 4. The molecule has 0 radical (unpaired) electrons. The Kier molecular flexibility index (Phi) is 4.82. The first-order valence-electron chi connectivity index (χ1n) is 9.33. The Labute approximate surface area is 171 Å². The van der Waals surface area contributed by atoms with E-state index in [1.807, 2.05) is 28.6 Å². The van der Waals surface area contributed by atoms with Gasteiger partial charge in [0, 0.05) is 24.0 Å². The minimum absolute atomic E-state index is 0.0121. The number of hydrogen-bond donors (Lipinski definition) is 0. The zero-order valence-corrected chi connectivity index (χ0v) is 16.2. The smallest absolute Gasteiger partial charge is 0.338 e. The Bertz CT molecular complexity index is 1140. The van der Waals surface area contributed by atoms with E-state index in [1.54, 1.807) is 12.4 Å². The van der Waals surface area contributed by atoms with Crippen LogP contribution in [0.1, 0.15) is 29.9 Å². The fourth-order valence-electron chi connectivity index (χ4n) is 3.69. The monoisotopic (exact) mass is 409 g/mol. The molecular formula is C22H18F3N5. The summed E-state index contributed by atoms with van der Waals surface area (Å²) in [5.41, 5.74) is 3.75. The summed E-state index contributed by atoms with van der Waals surface area (Å²) in [5, 5.41) is 13.5. The number of nitrogens with zero attached hydrogens (tertiary/aromatic N) is 5. The van der Waals surface area contributed by atoms with E-state index in [2.05, 4.69) is 22.7 Å². The van der Waals surface area contributed by atoms with Gasteiger partial charge in [0.15, 0.2) is 0 Å². The van der Waals surface area contributed by atoms with Crippen LogP contribution in [-0.4, -0.2) is 21.3 Å². The van der Waals surface area contributed by atoms with Crippen molar-refractivity contribution in [3.63, 3.8) is 0 Å². The Balaban J connectivity index is 1.73. The van der Waals surface area contributed by atoms with Crippen molar-refractivity contribution < 1.29 is 13.2 Å². The molecule has 8 heteroatoms. The summed E-state index contributed by atoms with van der Waals surface area (Å²) < 4.78 is 40.6. The van der Waals surface area contributed by atoms with Crippen molar-refractivity contribution in [1.29, 1.82) is 5.26 Å². The third kappa shape index (κ3) is 3.43. The van der Waals surface area contributed by atoms with Gasteiger partial charge in [-0.1, -0.05) is 6.58 Å². The molecule has 1 aliphatic rings. The van der Waals surface area contributed by atoms with Crippen molar-refractivity contribution in [1.82, 2.24) is 14.8 Å². The van der Waals surface area contributed by atoms with E-state index in [-0.39, 0.29) is 12.5 Å². The van der Waals surface area contributed by atoms with E-state index < -0.39 is 11.7 Å². The highest BCUT2D eigenvalue weighted by Gasteiger charge is 2.32. The molecular weight excluding hydrogens is 391 g/mol. The molecule has 0 fully saturated rings. The van der Waals surface area contributed by atoms with Crippen LogP contribution in [0.15, 0.2) is 55.4 Å². The van der Waals surface area contributed by atoms with Gasteiger partial charge in [0.2, 0.25) is 0 Å². The highest BCUT2D eigenvalue weighted by Crippen LogP contribution is 2.39. The number of pyridine rings is 1. The molecule has 1 aliphatic heterocycles. The van der Waals surface area contributed by atoms with Crippen molar-refractivity contribution in [2.45, 2.75) is 25.6 Å². The highest BCUT2D eigenvalue weighted by molar-refractivity contribution is 5.86. The number of fused-ring (bicyclic) bond motifs is 1. The third-order valence-corrected chi connectivity index (χ3v) is 5.15. The topological polar surface area (TPSA) is 57.7 Å². The van der Waals surface area contributed by atoms with Crippen LogP contribution >= 0.6 is 0 Å². The molecule has 1 atom stereocenters. The van der Waals surface area contributed by atoms with Crippen molar-refractivity contribution >= 4 is 11.4 Å². The van der Waals surface area contributed by atoms with Gasteiger partial charge in [-0.25, -0.2) is 0 Å². The standard InChI is InChI=1S/C22H18F3N5/c1-14-13-29(19-5-3-17(4-6-19)22(23,24)25)15(2)21-20(12-28-30(14)21)16-8-10-27-18(11-16)7-9-26/h3-6,8,10-12,14H,2,7,13H2,1H3. The average molecular weight is 409 g/mol. The molecule has 2 aromatic heterocycles. The summed E-state index contributed by atoms with van der Waals surface area (Å²) in [5.74, 6) is 0. The minimum atomic E-state index is -4.38. The first-order chi connectivity index (χ1) is 14.3. The van der Waals surface area contributed by atoms with Gasteiger partial charge in [0.25, 0.3) is 0 Å². The quantitative estimate of drug-likeness (QED) is 0.605. The van der Waals surface area contributed by atoms with Gasteiger partial charge >= 0.3 is 6.18 Å². The Hall–Kier alpha value is -3.60. The van der Waals surface area contributed by atoms with Gasteiger partial charge in [-0.15, -0.1) is 0 Å². The van der Waals surface area contributed by atoms with Crippen LogP contribution in [0, 0.1) is 11.3 Å². The van der Waals surface area contributed by atoms with Crippen LogP contribution in [0.3, 0.4) is 0 Å². The lowest BCUT2D eigenvalue weighted by Crippen LogP contribution is -2.35. The fourth-order valence-corrected chi connectivity index (χ4v) is 3.69. The molecule has 3 heterocycles. The van der Waals surface area contributed by atoms with Crippen LogP contribution in [0.25, 0.3) is 16.8 Å². The third-order valence-electron chi connectivity index (χ3n) is 5.15. The van der Waals surface area contributed by atoms with Crippen LogP contribution in [-0.2, 0) is 12.6 Å². The Morgan fingerprint density at radius 3 is 2.63 bits per heavy atom. The van der Waals surface area contributed by atoms with Crippen LogP contribution in [0.4, 0.5) is 18.9 Å². The number of aromatic nitrogens is 3. The molecule has 1 unspecified atom stereocenters. The van der Waals surface area contributed by atoms with E-state index in [1.165, 1.54) is 12.1 Å². The molecule has 0 bridgehead atoms. The molecule has 0 N–H and O–H groups in total. The average Bonchev–Trinajstić information content (AvgIpc) is 3.17. The number of benzene rings is 1. The van der Waals surface area contributed by atoms with E-state index in [4.69, 9.17) is 5.26 Å². The van der Waals surface area contributed by atoms with E-state index in [0.29, 0.717) is 23.6 Å². The summed E-state index contributed by atoms with van der Waals surface area (Å²) in [6, 6.07) is 10.8. The minimum Gasteiger partial charge on any atom is -0.338 e. The molecule has 0 saturated heterocycles. The predicted octanol–water partition coefficient (Wildman–Crippen LogP) is 5.08. The fraction of sp³-hybridized carbons (Fsp3) is 0.227. The summed E-state index contributed by atoms with van der Waals surface area (Å²) >= 11 is 0.